The second-order valence-corrected chi connectivity index (χ2v) is 3.88. The van der Waals surface area contributed by atoms with Crippen LogP contribution in [0.25, 0.3) is 0 Å². The van der Waals surface area contributed by atoms with Crippen molar-refractivity contribution in [3.05, 3.63) is 0 Å². The van der Waals surface area contributed by atoms with Gasteiger partial charge in [0.25, 0.3) is 0 Å². The first-order chi connectivity index (χ1) is 4.33. The molecule has 59 valence electrons. The van der Waals surface area contributed by atoms with Crippen molar-refractivity contribution >= 4 is 25.6 Å². The molecule has 0 aromatic rings. The summed E-state index contributed by atoms with van der Waals surface area (Å²) in [6.07, 6.45) is 4.79. The Labute approximate surface area is 72.3 Å². The Morgan fingerprint density at radius 3 is 2.11 bits per heavy atom. The predicted octanol–water partition coefficient (Wildman–Crippen LogP) is 3.20. The summed E-state index contributed by atoms with van der Waals surface area (Å²) in [5.74, 6) is 0. The van der Waals surface area contributed by atoms with Gasteiger partial charge in [-0.25, -0.2) is 0 Å². The van der Waals surface area contributed by atoms with Crippen molar-refractivity contribution in [3.8, 4) is 0 Å². The van der Waals surface area contributed by atoms with Crippen LogP contribution in [0, 0.1) is 5.41 Å². The van der Waals surface area contributed by atoms with Gasteiger partial charge in [-0.3, -0.25) is 0 Å². The van der Waals surface area contributed by atoms with E-state index >= 15 is 0 Å². The van der Waals surface area contributed by atoms with Gasteiger partial charge in [0, 0.05) is 0 Å². The first-order valence-corrected chi connectivity index (χ1v) is 6.88. The summed E-state index contributed by atoms with van der Waals surface area (Å²) in [6.45, 7) is 2.13. The normalized spacial score (nSPS) is 7.89. The first-order valence-electron chi connectivity index (χ1n) is 2.66. The fraction of sp³-hybridized carbons (Fsp3) is 0.800. The molecule has 1 N–H and O–H groups in total. The second-order valence-electron chi connectivity index (χ2n) is 1.39. The zero-order chi connectivity index (χ0) is 7.54. The van der Waals surface area contributed by atoms with Crippen molar-refractivity contribution in [1.29, 1.82) is 5.41 Å². The van der Waals surface area contributed by atoms with E-state index in [1.165, 1.54) is 19.1 Å². The molecular weight excluding hydrogens is 248 g/mol. The van der Waals surface area contributed by atoms with Crippen LogP contribution < -0.4 is 0 Å². The summed E-state index contributed by atoms with van der Waals surface area (Å²) in [4.78, 5) is 0. The molecule has 0 saturated carbocycles. The Morgan fingerprint density at radius 2 is 2.00 bits per heavy atom. The molecule has 0 rings (SSSR count). The average molecular weight is 259 g/mol. The molecule has 0 aromatic carbocycles. The molecule has 9 heavy (non-hydrogen) atoms. The van der Waals surface area contributed by atoms with Gasteiger partial charge in [0.05, 0.1) is 0 Å². The molecule has 0 bridgehead atoms. The van der Waals surface area contributed by atoms with Gasteiger partial charge >= 0.3 is 34.5 Å². The SMILES string of the molecule is CCCCC=N.[Cl][Rh][Cl]. The second kappa shape index (κ2) is 15.9. The number of hydrogen-bond donors (Lipinski definition) is 1. The molecule has 0 fully saturated rings. The Kier molecular flexibility index (Phi) is 22.2. The molecule has 0 heterocycles. The van der Waals surface area contributed by atoms with Crippen LogP contribution in [0.2, 0.25) is 0 Å². The molecule has 0 aliphatic rings. The molecule has 0 aliphatic heterocycles. The third-order valence-corrected chi connectivity index (χ3v) is 0.702. The van der Waals surface area contributed by atoms with Crippen LogP contribution >= 0.6 is 19.4 Å². The van der Waals surface area contributed by atoms with Crippen LogP contribution in [0.1, 0.15) is 26.2 Å². The predicted molar refractivity (Wildman–Crippen MR) is 40.0 cm³/mol. The van der Waals surface area contributed by atoms with Gasteiger partial charge in [0.15, 0.2) is 0 Å². The van der Waals surface area contributed by atoms with Crippen LogP contribution in [0.3, 0.4) is 0 Å². The summed E-state index contributed by atoms with van der Waals surface area (Å²) in [5, 5.41) is 6.58. The van der Waals surface area contributed by atoms with Crippen LogP contribution in [0.4, 0.5) is 0 Å². The van der Waals surface area contributed by atoms with E-state index in [0.717, 1.165) is 6.42 Å². The van der Waals surface area contributed by atoms with Gasteiger partial charge in [-0.05, 0) is 19.1 Å². The molecule has 0 aliphatic carbocycles. The summed E-state index contributed by atoms with van der Waals surface area (Å²) < 4.78 is 0. The maximum atomic E-state index is 6.58. The average Bonchev–Trinajstić information content (AvgIpc) is 1.86. The number of unbranched alkanes of at least 4 members (excludes halogenated alkanes) is 2. The summed E-state index contributed by atoms with van der Waals surface area (Å²) in [7, 11) is 9.67. The molecular formula is C5H11Cl2NRh. The van der Waals surface area contributed by atoms with Crippen LogP contribution in [0.15, 0.2) is 0 Å². The van der Waals surface area contributed by atoms with Crippen LogP contribution in [-0.4, -0.2) is 6.21 Å². The number of rotatable bonds is 3. The number of halogens is 2. The van der Waals surface area contributed by atoms with E-state index in [9.17, 15) is 0 Å². The van der Waals surface area contributed by atoms with Crippen LogP contribution in [-0.2, 0) is 15.1 Å². The molecule has 0 aromatic heterocycles. The van der Waals surface area contributed by atoms with Gasteiger partial charge in [0.1, 0.15) is 0 Å². The van der Waals surface area contributed by atoms with Gasteiger partial charge in [-0.1, -0.05) is 13.3 Å². The van der Waals surface area contributed by atoms with Crippen molar-refractivity contribution in [3.63, 3.8) is 0 Å². The maximum absolute atomic E-state index is 6.58. The zero-order valence-electron chi connectivity index (χ0n) is 5.29. The zero-order valence-corrected chi connectivity index (χ0v) is 8.44. The van der Waals surface area contributed by atoms with Gasteiger partial charge in [-0.2, -0.15) is 0 Å². The van der Waals surface area contributed by atoms with E-state index in [1.807, 2.05) is 0 Å². The summed E-state index contributed by atoms with van der Waals surface area (Å²) >= 11 is -0.226. The summed E-state index contributed by atoms with van der Waals surface area (Å²) in [5.41, 5.74) is 0. The number of nitrogens with one attached hydrogen (secondary N) is 1. The molecule has 0 unspecified atom stereocenters. The molecule has 1 nitrogen and oxygen atoms in total. The molecule has 0 radical (unpaired) electrons. The monoisotopic (exact) mass is 258 g/mol. The number of hydrogen-bond acceptors (Lipinski definition) is 1. The van der Waals surface area contributed by atoms with Gasteiger partial charge in [0.2, 0.25) is 0 Å². The molecule has 0 amide bonds. The molecule has 0 saturated heterocycles. The van der Waals surface area contributed by atoms with Crippen LogP contribution in [0.5, 0.6) is 0 Å². The summed E-state index contributed by atoms with van der Waals surface area (Å²) in [6, 6.07) is 0. The van der Waals surface area contributed by atoms with E-state index in [2.05, 4.69) is 6.92 Å². The minimum atomic E-state index is -0.226. The minimum absolute atomic E-state index is 0.226. The van der Waals surface area contributed by atoms with Crippen molar-refractivity contribution in [1.82, 2.24) is 0 Å². The van der Waals surface area contributed by atoms with E-state index in [0.29, 0.717) is 0 Å². The third-order valence-electron chi connectivity index (χ3n) is 0.702. The standard InChI is InChI=1S/C5H11N.2ClH.Rh/c1-2-3-4-5-6;;;/h5-6H,2-4H2,1H3;2*1H;/q;;;+2/p-2. The van der Waals surface area contributed by atoms with Gasteiger partial charge in [-0.15, -0.1) is 0 Å². The topological polar surface area (TPSA) is 23.9 Å². The van der Waals surface area contributed by atoms with Crippen molar-refractivity contribution in [2.24, 2.45) is 0 Å². The fourth-order valence-corrected chi connectivity index (χ4v) is 0.306. The quantitative estimate of drug-likeness (QED) is 0.457. The Hall–Kier alpha value is 0.873. The Balaban J connectivity index is 0. The van der Waals surface area contributed by atoms with E-state index in [4.69, 9.17) is 24.8 Å². The van der Waals surface area contributed by atoms with E-state index in [-0.39, 0.29) is 15.1 Å². The van der Waals surface area contributed by atoms with Crippen molar-refractivity contribution in [2.75, 3.05) is 0 Å². The first kappa shape index (κ1) is 12.5. The Morgan fingerprint density at radius 1 is 1.56 bits per heavy atom. The molecule has 4 heteroatoms. The van der Waals surface area contributed by atoms with Gasteiger partial charge < -0.3 is 5.41 Å². The molecule has 0 atom stereocenters. The third kappa shape index (κ3) is 27.9. The fourth-order valence-electron chi connectivity index (χ4n) is 0.306. The van der Waals surface area contributed by atoms with E-state index < -0.39 is 0 Å². The van der Waals surface area contributed by atoms with E-state index in [1.54, 1.807) is 0 Å². The molecule has 0 spiro atoms. The van der Waals surface area contributed by atoms with Crippen molar-refractivity contribution < 1.29 is 15.1 Å². The Bertz CT molecular complexity index is 52.2. The van der Waals surface area contributed by atoms with Crippen molar-refractivity contribution in [2.45, 2.75) is 26.2 Å².